The third-order valence-corrected chi connectivity index (χ3v) is 4.96. The third-order valence-electron chi connectivity index (χ3n) is 4.96. The van der Waals surface area contributed by atoms with Crippen molar-refractivity contribution in [2.24, 2.45) is 0 Å². The van der Waals surface area contributed by atoms with Crippen LogP contribution >= 0.6 is 0 Å². The number of rotatable bonds is 3. The number of amides is 2. The van der Waals surface area contributed by atoms with Gasteiger partial charge in [-0.25, -0.2) is 4.79 Å². The first kappa shape index (κ1) is 16.3. The number of morpholine rings is 1. The lowest BCUT2D eigenvalue weighted by atomic mass is 10.00. The molecule has 0 atom stereocenters. The SMILES string of the molecule is CC(C)(CNC(=O)N1CCc2ccccc2C1)N1CCOCC1. The van der Waals surface area contributed by atoms with Crippen molar-refractivity contribution in [3.05, 3.63) is 35.4 Å². The molecule has 1 aromatic rings. The van der Waals surface area contributed by atoms with E-state index in [0.717, 1.165) is 39.3 Å². The zero-order valence-corrected chi connectivity index (χ0v) is 14.2. The Kier molecular flexibility index (Phi) is 4.87. The van der Waals surface area contributed by atoms with E-state index in [1.165, 1.54) is 11.1 Å². The molecule has 2 aliphatic rings. The van der Waals surface area contributed by atoms with E-state index in [9.17, 15) is 4.79 Å². The topological polar surface area (TPSA) is 44.8 Å². The Morgan fingerprint density at radius 1 is 1.17 bits per heavy atom. The van der Waals surface area contributed by atoms with Gasteiger partial charge < -0.3 is 15.0 Å². The summed E-state index contributed by atoms with van der Waals surface area (Å²) in [5.74, 6) is 0. The van der Waals surface area contributed by atoms with Crippen LogP contribution in [0.4, 0.5) is 4.79 Å². The molecule has 1 fully saturated rings. The highest BCUT2D eigenvalue weighted by Gasteiger charge is 2.29. The summed E-state index contributed by atoms with van der Waals surface area (Å²) < 4.78 is 5.41. The van der Waals surface area contributed by atoms with Crippen molar-refractivity contribution in [1.82, 2.24) is 15.1 Å². The molecule has 23 heavy (non-hydrogen) atoms. The quantitative estimate of drug-likeness (QED) is 0.925. The van der Waals surface area contributed by atoms with E-state index < -0.39 is 0 Å². The zero-order chi connectivity index (χ0) is 16.3. The van der Waals surface area contributed by atoms with Crippen molar-refractivity contribution >= 4 is 6.03 Å². The van der Waals surface area contributed by atoms with E-state index >= 15 is 0 Å². The molecule has 126 valence electrons. The lowest BCUT2D eigenvalue weighted by Gasteiger charge is -2.41. The van der Waals surface area contributed by atoms with Crippen molar-refractivity contribution in [2.75, 3.05) is 39.4 Å². The van der Waals surface area contributed by atoms with Crippen LogP contribution in [0, 0.1) is 0 Å². The second-order valence-electron chi connectivity index (χ2n) is 7.01. The van der Waals surface area contributed by atoms with Gasteiger partial charge in [-0.05, 0) is 31.4 Å². The van der Waals surface area contributed by atoms with E-state index in [1.807, 2.05) is 11.0 Å². The zero-order valence-electron chi connectivity index (χ0n) is 14.2. The van der Waals surface area contributed by atoms with Gasteiger partial charge >= 0.3 is 6.03 Å². The van der Waals surface area contributed by atoms with Gasteiger partial charge in [-0.3, -0.25) is 4.90 Å². The molecule has 1 aromatic carbocycles. The molecule has 0 spiro atoms. The van der Waals surface area contributed by atoms with E-state index in [-0.39, 0.29) is 11.6 Å². The Morgan fingerprint density at radius 3 is 2.61 bits per heavy atom. The van der Waals surface area contributed by atoms with Crippen LogP contribution in [0.2, 0.25) is 0 Å². The van der Waals surface area contributed by atoms with Crippen LogP contribution in [0.1, 0.15) is 25.0 Å². The summed E-state index contributed by atoms with van der Waals surface area (Å²) in [6.45, 7) is 9.94. The van der Waals surface area contributed by atoms with Gasteiger partial charge in [-0.2, -0.15) is 0 Å². The third kappa shape index (κ3) is 3.85. The predicted molar refractivity (Wildman–Crippen MR) is 90.4 cm³/mol. The maximum Gasteiger partial charge on any atom is 0.317 e. The Hall–Kier alpha value is -1.59. The normalized spacial score (nSPS) is 19.3. The summed E-state index contributed by atoms with van der Waals surface area (Å²) >= 11 is 0. The van der Waals surface area contributed by atoms with Crippen molar-refractivity contribution in [2.45, 2.75) is 32.4 Å². The highest BCUT2D eigenvalue weighted by molar-refractivity contribution is 5.74. The first-order valence-electron chi connectivity index (χ1n) is 8.49. The molecule has 0 aromatic heterocycles. The van der Waals surface area contributed by atoms with Crippen LogP contribution in [0.3, 0.4) is 0 Å². The molecule has 5 nitrogen and oxygen atoms in total. The van der Waals surface area contributed by atoms with Gasteiger partial charge in [0.2, 0.25) is 0 Å². The monoisotopic (exact) mass is 317 g/mol. The Balaban J connectivity index is 1.53. The summed E-state index contributed by atoms with van der Waals surface area (Å²) in [6, 6.07) is 8.43. The van der Waals surface area contributed by atoms with Crippen molar-refractivity contribution in [3.8, 4) is 0 Å². The lowest BCUT2D eigenvalue weighted by molar-refractivity contribution is -0.00907. The van der Waals surface area contributed by atoms with Gasteiger partial charge in [0.25, 0.3) is 0 Å². The van der Waals surface area contributed by atoms with E-state index in [2.05, 4.69) is 42.3 Å². The Bertz CT molecular complexity index is 553. The van der Waals surface area contributed by atoms with E-state index in [4.69, 9.17) is 4.74 Å². The molecule has 0 radical (unpaired) electrons. The maximum absolute atomic E-state index is 12.5. The van der Waals surface area contributed by atoms with Crippen molar-refractivity contribution in [3.63, 3.8) is 0 Å². The number of benzene rings is 1. The standard InChI is InChI=1S/C18H27N3O2/c1-18(2,21-9-11-23-12-10-21)14-19-17(22)20-8-7-15-5-3-4-6-16(15)13-20/h3-6H,7-14H2,1-2H3,(H,19,22). The average Bonchev–Trinajstić information content (AvgIpc) is 2.60. The Labute approximate surface area is 138 Å². The van der Waals surface area contributed by atoms with Gasteiger partial charge in [0.15, 0.2) is 0 Å². The van der Waals surface area contributed by atoms with Crippen LogP contribution in [0.25, 0.3) is 0 Å². The molecule has 1 N–H and O–H groups in total. The smallest absolute Gasteiger partial charge is 0.317 e. The van der Waals surface area contributed by atoms with Crippen LogP contribution in [0.15, 0.2) is 24.3 Å². The van der Waals surface area contributed by atoms with Crippen molar-refractivity contribution < 1.29 is 9.53 Å². The first-order valence-corrected chi connectivity index (χ1v) is 8.49. The number of urea groups is 1. The second kappa shape index (κ2) is 6.89. The fraction of sp³-hybridized carbons (Fsp3) is 0.611. The van der Waals surface area contributed by atoms with Crippen molar-refractivity contribution in [1.29, 1.82) is 0 Å². The lowest BCUT2D eigenvalue weighted by Crippen LogP contribution is -2.56. The van der Waals surface area contributed by atoms with Gasteiger partial charge in [0.1, 0.15) is 0 Å². The molecule has 0 saturated carbocycles. The number of hydrogen-bond acceptors (Lipinski definition) is 3. The van der Waals surface area contributed by atoms with Gasteiger partial charge in [0.05, 0.1) is 13.2 Å². The first-order chi connectivity index (χ1) is 11.1. The Morgan fingerprint density at radius 2 is 1.87 bits per heavy atom. The fourth-order valence-corrected chi connectivity index (χ4v) is 3.35. The number of carbonyl (C=O) groups is 1. The fourth-order valence-electron chi connectivity index (χ4n) is 3.35. The number of nitrogens with one attached hydrogen (secondary N) is 1. The summed E-state index contributed by atoms with van der Waals surface area (Å²) in [4.78, 5) is 16.8. The predicted octanol–water partition coefficient (Wildman–Crippen LogP) is 1.87. The van der Waals surface area contributed by atoms with E-state index in [0.29, 0.717) is 13.1 Å². The molecule has 2 heterocycles. The molecular formula is C18H27N3O2. The molecule has 0 unspecified atom stereocenters. The molecular weight excluding hydrogens is 290 g/mol. The maximum atomic E-state index is 12.5. The minimum absolute atomic E-state index is 0.0424. The van der Waals surface area contributed by atoms with Crippen LogP contribution < -0.4 is 5.32 Å². The van der Waals surface area contributed by atoms with E-state index in [1.54, 1.807) is 0 Å². The van der Waals surface area contributed by atoms with Crippen LogP contribution in [-0.4, -0.2) is 60.8 Å². The number of fused-ring (bicyclic) bond motifs is 1. The average molecular weight is 317 g/mol. The highest BCUT2D eigenvalue weighted by atomic mass is 16.5. The number of ether oxygens (including phenoxy) is 1. The molecule has 1 saturated heterocycles. The van der Waals surface area contributed by atoms with Crippen LogP contribution in [0.5, 0.6) is 0 Å². The van der Waals surface area contributed by atoms with Gasteiger partial charge in [-0.15, -0.1) is 0 Å². The van der Waals surface area contributed by atoms with Gasteiger partial charge in [-0.1, -0.05) is 24.3 Å². The minimum Gasteiger partial charge on any atom is -0.379 e. The molecule has 5 heteroatoms. The van der Waals surface area contributed by atoms with Crippen LogP contribution in [-0.2, 0) is 17.7 Å². The summed E-state index contributed by atoms with van der Waals surface area (Å²) in [5.41, 5.74) is 2.58. The molecule has 0 aliphatic carbocycles. The number of hydrogen-bond donors (Lipinski definition) is 1. The molecule has 2 aliphatic heterocycles. The summed E-state index contributed by atoms with van der Waals surface area (Å²) in [6.07, 6.45) is 0.941. The largest absolute Gasteiger partial charge is 0.379 e. The second-order valence-corrected chi connectivity index (χ2v) is 7.01. The van der Waals surface area contributed by atoms with Gasteiger partial charge in [0, 0.05) is 38.3 Å². The summed E-state index contributed by atoms with van der Waals surface area (Å²) in [5, 5.41) is 3.13. The highest BCUT2D eigenvalue weighted by Crippen LogP contribution is 2.19. The minimum atomic E-state index is -0.0485. The molecule has 2 amide bonds. The number of nitrogens with zero attached hydrogens (tertiary/aromatic N) is 2. The molecule has 0 bridgehead atoms. The molecule has 3 rings (SSSR count). The summed E-state index contributed by atoms with van der Waals surface area (Å²) in [7, 11) is 0. The number of carbonyl (C=O) groups excluding carboxylic acids is 1.